The van der Waals surface area contributed by atoms with E-state index in [-0.39, 0.29) is 5.92 Å². The molecule has 1 aromatic heterocycles. The zero-order valence-corrected chi connectivity index (χ0v) is 10.2. The lowest BCUT2D eigenvalue weighted by molar-refractivity contribution is 0.0694. The Hall–Kier alpha value is -1.38. The van der Waals surface area contributed by atoms with Crippen molar-refractivity contribution in [3.63, 3.8) is 0 Å². The molecule has 1 aromatic rings. The first-order valence-corrected chi connectivity index (χ1v) is 6.36. The summed E-state index contributed by atoms with van der Waals surface area (Å²) in [6, 6.07) is 1.89. The molecule has 0 aromatic carbocycles. The normalized spacial score (nSPS) is 25.4. The minimum atomic E-state index is -0.841. The Balaban J connectivity index is 2.18. The number of rotatable bonds is 2. The van der Waals surface area contributed by atoms with Crippen LogP contribution in [0.25, 0.3) is 0 Å². The van der Waals surface area contributed by atoms with Crippen molar-refractivity contribution in [2.75, 3.05) is 0 Å². The second-order valence-corrected chi connectivity index (χ2v) is 5.56. The van der Waals surface area contributed by atoms with Gasteiger partial charge in [0.2, 0.25) is 0 Å². The van der Waals surface area contributed by atoms with E-state index >= 15 is 0 Å². The van der Waals surface area contributed by atoms with E-state index in [1.165, 1.54) is 30.5 Å². The first-order chi connectivity index (χ1) is 8.08. The summed E-state index contributed by atoms with van der Waals surface area (Å²) in [6.45, 7) is 4.02. The number of carboxylic acid groups (broad SMARTS) is 1. The van der Waals surface area contributed by atoms with E-state index in [4.69, 9.17) is 0 Å². The van der Waals surface area contributed by atoms with Crippen molar-refractivity contribution in [2.24, 2.45) is 0 Å². The fourth-order valence-electron chi connectivity index (χ4n) is 3.34. The number of aromatic carboxylic acids is 1. The largest absolute Gasteiger partial charge is 0.478 e. The molecular weight excluding hydrogens is 214 g/mol. The minimum absolute atomic E-state index is 0.172. The highest BCUT2D eigenvalue weighted by Crippen LogP contribution is 2.52. The summed E-state index contributed by atoms with van der Waals surface area (Å²) in [4.78, 5) is 16.0. The molecule has 2 atom stereocenters. The molecule has 3 nitrogen and oxygen atoms in total. The third-order valence-electron chi connectivity index (χ3n) is 4.15. The molecule has 3 heteroatoms. The summed E-state index contributed by atoms with van der Waals surface area (Å²) in [5.74, 6) is 0.495. The van der Waals surface area contributed by atoms with Crippen molar-refractivity contribution >= 4 is 5.97 Å². The first kappa shape index (κ1) is 10.8. The molecule has 2 aliphatic carbocycles. The van der Waals surface area contributed by atoms with E-state index in [0.717, 1.165) is 5.69 Å². The molecule has 0 aliphatic heterocycles. The molecule has 0 spiro atoms. The molecule has 0 amide bonds. The third kappa shape index (κ3) is 1.48. The third-order valence-corrected chi connectivity index (χ3v) is 4.15. The topological polar surface area (TPSA) is 50.2 Å². The van der Waals surface area contributed by atoms with Gasteiger partial charge in [0.15, 0.2) is 0 Å². The molecule has 3 rings (SSSR count). The van der Waals surface area contributed by atoms with Crippen LogP contribution in [0.4, 0.5) is 0 Å². The van der Waals surface area contributed by atoms with Crippen LogP contribution in [0.15, 0.2) is 6.07 Å². The Morgan fingerprint density at radius 3 is 2.76 bits per heavy atom. The monoisotopic (exact) mass is 231 g/mol. The van der Waals surface area contributed by atoms with E-state index < -0.39 is 5.97 Å². The summed E-state index contributed by atoms with van der Waals surface area (Å²) in [6.07, 6.45) is 3.62. The number of hydrogen-bond donors (Lipinski definition) is 1. The van der Waals surface area contributed by atoms with Crippen molar-refractivity contribution in [3.05, 3.63) is 28.6 Å². The predicted octanol–water partition coefficient (Wildman–Crippen LogP) is 3.27. The quantitative estimate of drug-likeness (QED) is 0.849. The van der Waals surface area contributed by atoms with Gasteiger partial charge < -0.3 is 5.11 Å². The van der Waals surface area contributed by atoms with Crippen molar-refractivity contribution in [1.29, 1.82) is 0 Å². The molecule has 2 unspecified atom stereocenters. The standard InChI is InChI=1S/C14H17NO2/c1-7(2)12-11(14(16)17)6-10-8-3-4-9(5-8)13(10)15-12/h6-9H,3-5H2,1-2H3,(H,16,17). The Morgan fingerprint density at radius 2 is 2.12 bits per heavy atom. The summed E-state index contributed by atoms with van der Waals surface area (Å²) >= 11 is 0. The summed E-state index contributed by atoms with van der Waals surface area (Å²) < 4.78 is 0. The molecule has 17 heavy (non-hydrogen) atoms. The molecule has 1 N–H and O–H groups in total. The van der Waals surface area contributed by atoms with Gasteiger partial charge in [-0.3, -0.25) is 4.98 Å². The van der Waals surface area contributed by atoms with Crippen molar-refractivity contribution < 1.29 is 9.90 Å². The number of pyridine rings is 1. The molecule has 2 aliphatic rings. The van der Waals surface area contributed by atoms with Crippen LogP contribution in [-0.2, 0) is 0 Å². The van der Waals surface area contributed by atoms with Crippen molar-refractivity contribution in [1.82, 2.24) is 4.98 Å². The van der Waals surface area contributed by atoms with Crippen LogP contribution < -0.4 is 0 Å². The van der Waals surface area contributed by atoms with Crippen LogP contribution in [0.2, 0.25) is 0 Å². The summed E-state index contributed by atoms with van der Waals surface area (Å²) in [5, 5.41) is 9.28. The highest BCUT2D eigenvalue weighted by molar-refractivity contribution is 5.89. The summed E-state index contributed by atoms with van der Waals surface area (Å²) in [7, 11) is 0. The lowest BCUT2D eigenvalue weighted by Crippen LogP contribution is -2.12. The maximum absolute atomic E-state index is 11.3. The average Bonchev–Trinajstić information content (AvgIpc) is 2.87. The van der Waals surface area contributed by atoms with Gasteiger partial charge in [-0.2, -0.15) is 0 Å². The van der Waals surface area contributed by atoms with Crippen LogP contribution in [0, 0.1) is 0 Å². The Bertz CT molecular complexity index is 493. The molecule has 0 radical (unpaired) electrons. The molecule has 1 heterocycles. The molecule has 1 saturated carbocycles. The lowest BCUT2D eigenvalue weighted by Gasteiger charge is -2.18. The van der Waals surface area contributed by atoms with Gasteiger partial charge in [0, 0.05) is 11.6 Å². The van der Waals surface area contributed by atoms with Gasteiger partial charge >= 0.3 is 5.97 Å². The maximum Gasteiger partial charge on any atom is 0.337 e. The van der Waals surface area contributed by atoms with Gasteiger partial charge in [-0.15, -0.1) is 0 Å². The second kappa shape index (κ2) is 3.56. The lowest BCUT2D eigenvalue weighted by atomic mass is 9.92. The second-order valence-electron chi connectivity index (χ2n) is 5.56. The molecule has 90 valence electrons. The Labute approximate surface area is 101 Å². The highest BCUT2D eigenvalue weighted by Gasteiger charge is 2.39. The SMILES string of the molecule is CC(C)c1nc2c(cc1C(=O)O)C1CCC2C1. The van der Waals surface area contributed by atoms with Crippen molar-refractivity contribution in [2.45, 2.75) is 50.9 Å². The van der Waals surface area contributed by atoms with Crippen LogP contribution in [-0.4, -0.2) is 16.1 Å². The van der Waals surface area contributed by atoms with Gasteiger partial charge in [0.25, 0.3) is 0 Å². The van der Waals surface area contributed by atoms with E-state index in [1.54, 1.807) is 0 Å². The average molecular weight is 231 g/mol. The molecule has 0 saturated heterocycles. The van der Waals surface area contributed by atoms with E-state index in [1.807, 2.05) is 19.9 Å². The molecule has 2 bridgehead atoms. The highest BCUT2D eigenvalue weighted by atomic mass is 16.4. The minimum Gasteiger partial charge on any atom is -0.478 e. The number of aromatic nitrogens is 1. The number of fused-ring (bicyclic) bond motifs is 5. The fraction of sp³-hybridized carbons (Fsp3) is 0.571. The maximum atomic E-state index is 11.3. The van der Waals surface area contributed by atoms with Gasteiger partial charge in [0.1, 0.15) is 0 Å². The van der Waals surface area contributed by atoms with Crippen LogP contribution in [0.5, 0.6) is 0 Å². The number of carbonyl (C=O) groups is 1. The van der Waals surface area contributed by atoms with Crippen LogP contribution in [0.1, 0.15) is 78.2 Å². The fourth-order valence-corrected chi connectivity index (χ4v) is 3.34. The Kier molecular flexibility index (Phi) is 2.25. The smallest absolute Gasteiger partial charge is 0.337 e. The van der Waals surface area contributed by atoms with E-state index in [9.17, 15) is 9.90 Å². The van der Waals surface area contributed by atoms with Crippen LogP contribution in [0.3, 0.4) is 0 Å². The Morgan fingerprint density at radius 1 is 1.41 bits per heavy atom. The van der Waals surface area contributed by atoms with Gasteiger partial charge in [-0.1, -0.05) is 13.8 Å². The van der Waals surface area contributed by atoms with Gasteiger partial charge in [-0.25, -0.2) is 4.79 Å². The van der Waals surface area contributed by atoms with E-state index in [2.05, 4.69) is 4.98 Å². The van der Waals surface area contributed by atoms with Crippen molar-refractivity contribution in [3.8, 4) is 0 Å². The van der Waals surface area contributed by atoms with Gasteiger partial charge in [0.05, 0.1) is 11.3 Å². The van der Waals surface area contributed by atoms with Crippen LogP contribution >= 0.6 is 0 Å². The van der Waals surface area contributed by atoms with Gasteiger partial charge in [-0.05, 0) is 42.7 Å². The zero-order valence-electron chi connectivity index (χ0n) is 10.2. The first-order valence-electron chi connectivity index (χ1n) is 6.36. The molecule has 1 fully saturated rings. The predicted molar refractivity (Wildman–Crippen MR) is 64.6 cm³/mol. The number of nitrogens with zero attached hydrogens (tertiary/aromatic N) is 1. The summed E-state index contributed by atoms with van der Waals surface area (Å²) in [5.41, 5.74) is 3.56. The van der Waals surface area contributed by atoms with E-state index in [0.29, 0.717) is 17.4 Å². The number of carboxylic acids is 1. The number of hydrogen-bond acceptors (Lipinski definition) is 2. The molecular formula is C14H17NO2. The zero-order chi connectivity index (χ0) is 12.2.